The molecule has 0 unspecified atom stereocenters. The number of hydrogen-bond acceptors (Lipinski definition) is 1. The Labute approximate surface area is 118 Å². The average Bonchev–Trinajstić information content (AvgIpc) is 2.37. The largest absolute Gasteiger partial charge is 0.416 e. The second-order valence-corrected chi connectivity index (χ2v) is 4.61. The summed E-state index contributed by atoms with van der Waals surface area (Å²) in [5.41, 5.74) is -0.130. The van der Waals surface area contributed by atoms with Crippen LogP contribution in [-0.2, 0) is 12.7 Å². The molecular formula is C14H10ClF4N. The van der Waals surface area contributed by atoms with E-state index in [9.17, 15) is 17.6 Å². The minimum Gasteiger partial charge on any atom is -0.379 e. The lowest BCUT2D eigenvalue weighted by Crippen LogP contribution is -2.07. The van der Waals surface area contributed by atoms with Crippen LogP contribution in [0.4, 0.5) is 23.2 Å². The molecule has 2 rings (SSSR count). The molecule has 1 nitrogen and oxygen atoms in total. The molecule has 0 fully saturated rings. The molecule has 0 bridgehead atoms. The van der Waals surface area contributed by atoms with Crippen LogP contribution in [0.15, 0.2) is 42.5 Å². The third-order valence-electron chi connectivity index (χ3n) is 2.67. The predicted octanol–water partition coefficient (Wildman–Crippen LogP) is 5.11. The van der Waals surface area contributed by atoms with Crippen molar-refractivity contribution in [2.24, 2.45) is 0 Å². The van der Waals surface area contributed by atoms with Crippen molar-refractivity contribution in [3.63, 3.8) is 0 Å². The Morgan fingerprint density at radius 1 is 1.05 bits per heavy atom. The van der Waals surface area contributed by atoms with E-state index in [1.165, 1.54) is 24.3 Å². The van der Waals surface area contributed by atoms with Gasteiger partial charge in [-0.3, -0.25) is 0 Å². The lowest BCUT2D eigenvalue weighted by atomic mass is 10.1. The number of halogens is 5. The summed E-state index contributed by atoms with van der Waals surface area (Å²) < 4.78 is 51.1. The Morgan fingerprint density at radius 3 is 2.45 bits per heavy atom. The normalized spacial score (nSPS) is 11.4. The summed E-state index contributed by atoms with van der Waals surface area (Å²) in [7, 11) is 0. The van der Waals surface area contributed by atoms with Crippen LogP contribution in [0.25, 0.3) is 0 Å². The first-order valence-electron chi connectivity index (χ1n) is 5.71. The molecule has 0 amide bonds. The van der Waals surface area contributed by atoms with Gasteiger partial charge in [-0.15, -0.1) is 0 Å². The van der Waals surface area contributed by atoms with Gasteiger partial charge in [-0.05, 0) is 35.9 Å². The van der Waals surface area contributed by atoms with Crippen LogP contribution in [0.1, 0.15) is 11.1 Å². The van der Waals surface area contributed by atoms with Crippen LogP contribution < -0.4 is 5.32 Å². The van der Waals surface area contributed by atoms with Gasteiger partial charge in [-0.1, -0.05) is 23.7 Å². The summed E-state index contributed by atoms with van der Waals surface area (Å²) in [6, 6.07) is 8.95. The summed E-state index contributed by atoms with van der Waals surface area (Å²) in [4.78, 5) is 0. The van der Waals surface area contributed by atoms with Gasteiger partial charge in [0.1, 0.15) is 5.82 Å². The van der Waals surface area contributed by atoms with Crippen molar-refractivity contribution in [2.45, 2.75) is 12.7 Å². The molecule has 2 aromatic carbocycles. The quantitative estimate of drug-likeness (QED) is 0.777. The van der Waals surface area contributed by atoms with Crippen molar-refractivity contribution in [1.29, 1.82) is 0 Å². The van der Waals surface area contributed by atoms with Crippen molar-refractivity contribution < 1.29 is 17.6 Å². The van der Waals surface area contributed by atoms with E-state index in [2.05, 4.69) is 5.32 Å². The van der Waals surface area contributed by atoms with E-state index in [1.54, 1.807) is 0 Å². The van der Waals surface area contributed by atoms with Crippen molar-refractivity contribution >= 4 is 17.3 Å². The Hall–Kier alpha value is -1.75. The summed E-state index contributed by atoms with van der Waals surface area (Å²) in [6.07, 6.45) is -4.39. The molecule has 20 heavy (non-hydrogen) atoms. The van der Waals surface area contributed by atoms with Gasteiger partial charge in [0.2, 0.25) is 0 Å². The molecule has 2 aromatic rings. The zero-order valence-corrected chi connectivity index (χ0v) is 10.9. The number of rotatable bonds is 3. The highest BCUT2D eigenvalue weighted by Gasteiger charge is 2.30. The Balaban J connectivity index is 2.11. The van der Waals surface area contributed by atoms with E-state index in [1.807, 2.05) is 0 Å². The predicted molar refractivity (Wildman–Crippen MR) is 70.2 cm³/mol. The summed E-state index contributed by atoms with van der Waals surface area (Å²) in [5, 5.41) is 2.99. The Kier molecular flexibility index (Phi) is 4.18. The SMILES string of the molecule is Fc1cc(Cl)ccc1NCc1cccc(C(F)(F)F)c1. The topological polar surface area (TPSA) is 12.0 Å². The second-order valence-electron chi connectivity index (χ2n) is 4.18. The zero-order valence-electron chi connectivity index (χ0n) is 10.1. The third-order valence-corrected chi connectivity index (χ3v) is 2.90. The van der Waals surface area contributed by atoms with Crippen LogP contribution in [0.2, 0.25) is 5.02 Å². The molecule has 106 valence electrons. The van der Waals surface area contributed by atoms with Gasteiger partial charge in [0.25, 0.3) is 0 Å². The first kappa shape index (κ1) is 14.7. The van der Waals surface area contributed by atoms with Crippen LogP contribution in [0.3, 0.4) is 0 Å². The molecule has 0 saturated heterocycles. The van der Waals surface area contributed by atoms with E-state index in [-0.39, 0.29) is 17.3 Å². The smallest absolute Gasteiger partial charge is 0.379 e. The summed E-state index contributed by atoms with van der Waals surface area (Å²) in [6.45, 7) is 0.0858. The molecule has 0 heterocycles. The van der Waals surface area contributed by atoms with Crippen LogP contribution in [0, 0.1) is 5.82 Å². The fraction of sp³-hybridized carbons (Fsp3) is 0.143. The maximum absolute atomic E-state index is 13.5. The summed E-state index contributed by atoms with van der Waals surface area (Å²) in [5.74, 6) is -0.551. The van der Waals surface area contributed by atoms with Crippen molar-refractivity contribution in [1.82, 2.24) is 0 Å². The van der Waals surface area contributed by atoms with E-state index in [0.29, 0.717) is 5.56 Å². The highest BCUT2D eigenvalue weighted by atomic mass is 35.5. The van der Waals surface area contributed by atoms with Crippen molar-refractivity contribution in [3.05, 3.63) is 64.4 Å². The lowest BCUT2D eigenvalue weighted by Gasteiger charge is -2.11. The fourth-order valence-corrected chi connectivity index (χ4v) is 1.85. The first-order chi connectivity index (χ1) is 9.36. The van der Waals surface area contributed by atoms with Crippen LogP contribution >= 0.6 is 11.6 Å². The maximum Gasteiger partial charge on any atom is 0.416 e. The molecule has 0 aliphatic rings. The minimum atomic E-state index is -4.39. The van der Waals surface area contributed by atoms with Gasteiger partial charge in [0.05, 0.1) is 11.3 Å². The average molecular weight is 304 g/mol. The highest BCUT2D eigenvalue weighted by Crippen LogP contribution is 2.29. The van der Waals surface area contributed by atoms with E-state index in [0.717, 1.165) is 18.2 Å². The lowest BCUT2D eigenvalue weighted by molar-refractivity contribution is -0.137. The van der Waals surface area contributed by atoms with Gasteiger partial charge in [-0.2, -0.15) is 13.2 Å². The number of anilines is 1. The number of alkyl halides is 3. The molecule has 0 spiro atoms. The zero-order chi connectivity index (χ0) is 14.8. The molecular weight excluding hydrogens is 294 g/mol. The molecule has 0 radical (unpaired) electrons. The van der Waals surface area contributed by atoms with E-state index < -0.39 is 17.6 Å². The number of benzene rings is 2. The first-order valence-corrected chi connectivity index (χ1v) is 6.09. The monoisotopic (exact) mass is 303 g/mol. The molecule has 0 saturated carbocycles. The van der Waals surface area contributed by atoms with Crippen molar-refractivity contribution in [3.8, 4) is 0 Å². The standard InChI is InChI=1S/C14H10ClF4N/c15-11-4-5-13(12(16)7-11)20-8-9-2-1-3-10(6-9)14(17,18)19/h1-7,20H,8H2. The van der Waals surface area contributed by atoms with E-state index >= 15 is 0 Å². The highest BCUT2D eigenvalue weighted by molar-refractivity contribution is 6.30. The van der Waals surface area contributed by atoms with E-state index in [4.69, 9.17) is 11.6 Å². The summed E-state index contributed by atoms with van der Waals surface area (Å²) >= 11 is 5.61. The molecule has 6 heteroatoms. The molecule has 0 aliphatic heterocycles. The Morgan fingerprint density at radius 2 is 1.80 bits per heavy atom. The number of hydrogen-bond donors (Lipinski definition) is 1. The second kappa shape index (κ2) is 5.71. The van der Waals surface area contributed by atoms with Crippen LogP contribution in [-0.4, -0.2) is 0 Å². The van der Waals surface area contributed by atoms with Gasteiger partial charge in [0.15, 0.2) is 0 Å². The minimum absolute atomic E-state index is 0.0858. The third kappa shape index (κ3) is 3.63. The number of nitrogens with one attached hydrogen (secondary N) is 1. The van der Waals surface area contributed by atoms with Crippen LogP contribution in [0.5, 0.6) is 0 Å². The van der Waals surface area contributed by atoms with Gasteiger partial charge in [0, 0.05) is 11.6 Å². The van der Waals surface area contributed by atoms with Gasteiger partial charge < -0.3 is 5.32 Å². The van der Waals surface area contributed by atoms with Crippen molar-refractivity contribution in [2.75, 3.05) is 5.32 Å². The molecule has 0 aromatic heterocycles. The molecule has 0 atom stereocenters. The fourth-order valence-electron chi connectivity index (χ4n) is 1.69. The molecule has 0 aliphatic carbocycles. The van der Waals surface area contributed by atoms with Gasteiger partial charge in [-0.25, -0.2) is 4.39 Å². The van der Waals surface area contributed by atoms with Gasteiger partial charge >= 0.3 is 6.18 Å². The maximum atomic E-state index is 13.5. The molecule has 1 N–H and O–H groups in total. The Bertz CT molecular complexity index is 610.